The molecule has 0 unspecified atom stereocenters. The van der Waals surface area contributed by atoms with Crippen LogP contribution in [0.1, 0.15) is 70.2 Å². The van der Waals surface area contributed by atoms with Crippen molar-refractivity contribution in [2.45, 2.75) is 70.8 Å². The van der Waals surface area contributed by atoms with Crippen molar-refractivity contribution in [2.75, 3.05) is 25.6 Å². The van der Waals surface area contributed by atoms with E-state index in [0.29, 0.717) is 17.4 Å². The maximum Gasteiger partial charge on any atom is 0.305 e. The van der Waals surface area contributed by atoms with Gasteiger partial charge in [0, 0.05) is 42.8 Å². The van der Waals surface area contributed by atoms with Crippen molar-refractivity contribution in [3.05, 3.63) is 41.3 Å². The van der Waals surface area contributed by atoms with Crippen molar-refractivity contribution in [3.63, 3.8) is 0 Å². The number of imidazole rings is 1. The molecule has 0 atom stereocenters. The van der Waals surface area contributed by atoms with E-state index in [2.05, 4.69) is 16.8 Å². The van der Waals surface area contributed by atoms with Crippen LogP contribution < -0.4 is 5.32 Å². The van der Waals surface area contributed by atoms with E-state index in [1.165, 1.54) is 7.11 Å². The molecule has 9 heteroatoms. The molecule has 2 fully saturated rings. The number of ether oxygens (including phenoxy) is 2. The monoisotopic (exact) mass is 525 g/mol. The lowest BCUT2D eigenvalue weighted by Gasteiger charge is -2.33. The molecule has 1 saturated carbocycles. The molecular weight excluding hydrogens is 490 g/mol. The van der Waals surface area contributed by atoms with Gasteiger partial charge >= 0.3 is 5.97 Å². The SMILES string of the molecule is COC(=O)CCC1CCC(n2c(Nc3cccc(Cl)c3)nc3cnc(CC4(C)CCOCC4)nc32)CC1. The van der Waals surface area contributed by atoms with Crippen LogP contribution in [0, 0.1) is 11.3 Å². The molecule has 0 spiro atoms. The highest BCUT2D eigenvalue weighted by Gasteiger charge is 2.30. The number of rotatable bonds is 8. The third kappa shape index (κ3) is 6.24. The molecule has 0 radical (unpaired) electrons. The topological polar surface area (TPSA) is 91.2 Å². The van der Waals surface area contributed by atoms with E-state index in [-0.39, 0.29) is 17.4 Å². The Morgan fingerprint density at radius 3 is 2.73 bits per heavy atom. The number of nitrogens with one attached hydrogen (secondary N) is 1. The summed E-state index contributed by atoms with van der Waals surface area (Å²) in [4.78, 5) is 26.3. The van der Waals surface area contributed by atoms with Crippen LogP contribution >= 0.6 is 11.6 Å². The number of hydrogen-bond donors (Lipinski definition) is 1. The van der Waals surface area contributed by atoms with Crippen LogP contribution in [0.5, 0.6) is 0 Å². The standard InChI is InChI=1S/C28H36ClN5O3/c1-28(12-14-37-15-13-28)17-24-30-18-23-26(33-24)34(27(32-23)31-21-5-3-4-20(29)16-21)22-9-6-19(7-10-22)8-11-25(35)36-2/h3-5,16,18-19,22H,6-15,17H2,1-2H3,(H,31,32). The minimum absolute atomic E-state index is 0.127. The first-order chi connectivity index (χ1) is 17.9. The van der Waals surface area contributed by atoms with Crippen molar-refractivity contribution in [1.29, 1.82) is 0 Å². The number of carbonyl (C=O) groups is 1. The van der Waals surface area contributed by atoms with E-state index < -0.39 is 0 Å². The fourth-order valence-corrected chi connectivity index (χ4v) is 5.87. The predicted octanol–water partition coefficient (Wildman–Crippen LogP) is 6.27. The lowest BCUT2D eigenvalue weighted by molar-refractivity contribution is -0.141. The summed E-state index contributed by atoms with van der Waals surface area (Å²) < 4.78 is 12.7. The predicted molar refractivity (Wildman–Crippen MR) is 144 cm³/mol. The Bertz CT molecular complexity index is 1230. The third-order valence-electron chi connectivity index (χ3n) is 8.01. The van der Waals surface area contributed by atoms with Gasteiger partial charge in [-0.05, 0) is 74.5 Å². The molecule has 1 N–H and O–H groups in total. The van der Waals surface area contributed by atoms with Gasteiger partial charge in [0.25, 0.3) is 0 Å². The zero-order valence-corrected chi connectivity index (χ0v) is 22.5. The van der Waals surface area contributed by atoms with Gasteiger partial charge in [0.2, 0.25) is 5.95 Å². The second kappa shape index (κ2) is 11.4. The van der Waals surface area contributed by atoms with Gasteiger partial charge in [-0.2, -0.15) is 0 Å². The van der Waals surface area contributed by atoms with Gasteiger partial charge < -0.3 is 14.8 Å². The Labute approximate surface area is 223 Å². The Morgan fingerprint density at radius 1 is 1.22 bits per heavy atom. The number of anilines is 2. The summed E-state index contributed by atoms with van der Waals surface area (Å²) in [6.07, 6.45) is 10.2. The molecule has 1 saturated heterocycles. The minimum atomic E-state index is -0.127. The molecule has 37 heavy (non-hydrogen) atoms. The number of benzene rings is 1. The van der Waals surface area contributed by atoms with Crippen LogP contribution in [0.2, 0.25) is 5.02 Å². The van der Waals surface area contributed by atoms with Crippen LogP contribution in [-0.4, -0.2) is 45.8 Å². The van der Waals surface area contributed by atoms with Gasteiger partial charge in [-0.3, -0.25) is 9.36 Å². The van der Waals surface area contributed by atoms with E-state index in [1.54, 1.807) is 0 Å². The first-order valence-corrected chi connectivity index (χ1v) is 13.7. The first-order valence-electron chi connectivity index (χ1n) is 13.3. The summed E-state index contributed by atoms with van der Waals surface area (Å²) in [5.74, 6) is 2.03. The molecule has 198 valence electrons. The summed E-state index contributed by atoms with van der Waals surface area (Å²) in [6.45, 7) is 3.90. The normalized spacial score (nSPS) is 21.6. The van der Waals surface area contributed by atoms with Crippen LogP contribution in [0.15, 0.2) is 30.5 Å². The maximum atomic E-state index is 11.6. The second-order valence-electron chi connectivity index (χ2n) is 10.8. The van der Waals surface area contributed by atoms with E-state index in [9.17, 15) is 4.79 Å². The number of esters is 1. The van der Waals surface area contributed by atoms with Crippen LogP contribution in [0.4, 0.5) is 11.6 Å². The van der Waals surface area contributed by atoms with Crippen LogP contribution in [-0.2, 0) is 20.7 Å². The highest BCUT2D eigenvalue weighted by molar-refractivity contribution is 6.30. The molecule has 1 aliphatic heterocycles. The summed E-state index contributed by atoms with van der Waals surface area (Å²) >= 11 is 6.25. The van der Waals surface area contributed by atoms with Gasteiger partial charge in [-0.1, -0.05) is 24.6 Å². The van der Waals surface area contributed by atoms with Gasteiger partial charge in [0.1, 0.15) is 11.3 Å². The number of halogens is 1. The molecule has 2 aromatic heterocycles. The number of nitrogens with zero attached hydrogens (tertiary/aromatic N) is 4. The van der Waals surface area contributed by atoms with Gasteiger partial charge in [-0.15, -0.1) is 0 Å². The number of aromatic nitrogens is 4. The molecule has 1 aliphatic carbocycles. The summed E-state index contributed by atoms with van der Waals surface area (Å²) in [7, 11) is 1.45. The van der Waals surface area contributed by atoms with Crippen molar-refractivity contribution >= 4 is 40.4 Å². The number of carbonyl (C=O) groups excluding carboxylic acids is 1. The fourth-order valence-electron chi connectivity index (χ4n) is 5.68. The van der Waals surface area contributed by atoms with Crippen molar-refractivity contribution in [3.8, 4) is 0 Å². The zero-order chi connectivity index (χ0) is 25.8. The van der Waals surface area contributed by atoms with Crippen molar-refractivity contribution in [2.24, 2.45) is 11.3 Å². The first kappa shape index (κ1) is 25.9. The maximum absolute atomic E-state index is 11.6. The summed E-state index contributed by atoms with van der Waals surface area (Å²) in [5.41, 5.74) is 2.70. The third-order valence-corrected chi connectivity index (χ3v) is 8.25. The molecule has 1 aromatic carbocycles. The molecule has 0 amide bonds. The van der Waals surface area contributed by atoms with E-state index in [1.807, 2.05) is 30.5 Å². The minimum Gasteiger partial charge on any atom is -0.469 e. The Balaban J connectivity index is 1.42. The lowest BCUT2D eigenvalue weighted by Crippen LogP contribution is -2.29. The van der Waals surface area contributed by atoms with E-state index >= 15 is 0 Å². The molecule has 5 rings (SSSR count). The largest absolute Gasteiger partial charge is 0.469 e. The number of hydrogen-bond acceptors (Lipinski definition) is 7. The van der Waals surface area contributed by atoms with Crippen molar-refractivity contribution < 1.29 is 14.3 Å². The van der Waals surface area contributed by atoms with Crippen LogP contribution in [0.25, 0.3) is 11.2 Å². The van der Waals surface area contributed by atoms with Gasteiger partial charge in [0.15, 0.2) is 5.65 Å². The Hall–Kier alpha value is -2.71. The lowest BCUT2D eigenvalue weighted by atomic mass is 9.79. The molecule has 0 bridgehead atoms. The fraction of sp³-hybridized carbons (Fsp3) is 0.571. The smallest absolute Gasteiger partial charge is 0.305 e. The van der Waals surface area contributed by atoms with Crippen LogP contribution in [0.3, 0.4) is 0 Å². The average molecular weight is 526 g/mol. The quantitative estimate of drug-likeness (QED) is 0.347. The molecule has 8 nitrogen and oxygen atoms in total. The molecule has 3 aromatic rings. The summed E-state index contributed by atoms with van der Waals surface area (Å²) in [5, 5.41) is 4.16. The average Bonchev–Trinajstić information content (AvgIpc) is 3.24. The second-order valence-corrected chi connectivity index (χ2v) is 11.3. The van der Waals surface area contributed by atoms with Gasteiger partial charge in [-0.25, -0.2) is 15.0 Å². The van der Waals surface area contributed by atoms with Crippen molar-refractivity contribution in [1.82, 2.24) is 19.5 Å². The van der Waals surface area contributed by atoms with E-state index in [0.717, 1.165) is 93.2 Å². The van der Waals surface area contributed by atoms with Gasteiger partial charge in [0.05, 0.1) is 13.3 Å². The number of fused-ring (bicyclic) bond motifs is 1. The van der Waals surface area contributed by atoms with E-state index in [4.69, 9.17) is 36.0 Å². The zero-order valence-electron chi connectivity index (χ0n) is 21.7. The highest BCUT2D eigenvalue weighted by Crippen LogP contribution is 2.39. The number of methoxy groups -OCH3 is 1. The summed E-state index contributed by atoms with van der Waals surface area (Å²) in [6, 6.07) is 7.94. The highest BCUT2D eigenvalue weighted by atomic mass is 35.5. The molecule has 3 heterocycles. The Morgan fingerprint density at radius 2 is 2.00 bits per heavy atom. The Kier molecular flexibility index (Phi) is 7.95. The molecular formula is C28H36ClN5O3. The molecule has 2 aliphatic rings.